The third-order valence-electron chi connectivity index (χ3n) is 4.87. The van der Waals surface area contributed by atoms with Crippen molar-refractivity contribution in [2.75, 3.05) is 18.4 Å². The Hall–Kier alpha value is -3.74. The molecule has 2 aromatic carbocycles. The number of nitrogens with one attached hydrogen (secondary N) is 1. The number of rotatable bonds is 6. The van der Waals surface area contributed by atoms with Crippen molar-refractivity contribution in [3.05, 3.63) is 78.1 Å². The van der Waals surface area contributed by atoms with E-state index in [-0.39, 0.29) is 17.8 Å². The summed E-state index contributed by atoms with van der Waals surface area (Å²) in [6, 6.07) is 16.7. The fourth-order valence-electron chi connectivity index (χ4n) is 3.24. The van der Waals surface area contributed by atoms with Crippen LogP contribution < -0.4 is 10.1 Å². The van der Waals surface area contributed by atoms with E-state index < -0.39 is 0 Å². The van der Waals surface area contributed by atoms with Crippen LogP contribution in [0.1, 0.15) is 28.8 Å². The van der Waals surface area contributed by atoms with Crippen LogP contribution in [0.25, 0.3) is 0 Å². The van der Waals surface area contributed by atoms with Crippen molar-refractivity contribution in [2.45, 2.75) is 19.3 Å². The molecule has 0 saturated carbocycles. The zero-order valence-corrected chi connectivity index (χ0v) is 16.5. The third kappa shape index (κ3) is 5.00. The van der Waals surface area contributed by atoms with Crippen molar-refractivity contribution in [3.63, 3.8) is 0 Å². The molecule has 152 valence electrons. The molecule has 0 bridgehead atoms. The lowest BCUT2D eigenvalue weighted by molar-refractivity contribution is -0.129. The summed E-state index contributed by atoms with van der Waals surface area (Å²) in [5.74, 6) is 0.458. The third-order valence-corrected chi connectivity index (χ3v) is 4.87. The lowest BCUT2D eigenvalue weighted by atomic mass is 10.1. The van der Waals surface area contributed by atoms with E-state index in [1.54, 1.807) is 24.3 Å². The maximum Gasteiger partial charge on any atom is 0.321 e. The van der Waals surface area contributed by atoms with Crippen LogP contribution in [0.4, 0.5) is 5.69 Å². The highest BCUT2D eigenvalue weighted by Gasteiger charge is 2.18. The summed E-state index contributed by atoms with van der Waals surface area (Å²) in [5.41, 5.74) is 1.89. The second-order valence-corrected chi connectivity index (χ2v) is 7.09. The molecule has 1 saturated heterocycles. The van der Waals surface area contributed by atoms with E-state index >= 15 is 0 Å². The summed E-state index contributed by atoms with van der Waals surface area (Å²) in [7, 11) is 0. The van der Waals surface area contributed by atoms with Crippen LogP contribution in [0.5, 0.6) is 11.8 Å². The number of benzene rings is 2. The molecule has 0 aliphatic carbocycles. The van der Waals surface area contributed by atoms with E-state index in [4.69, 9.17) is 4.74 Å². The van der Waals surface area contributed by atoms with Gasteiger partial charge in [0.1, 0.15) is 5.75 Å². The number of aromatic nitrogens is 2. The maximum atomic E-state index is 12.4. The first-order valence-corrected chi connectivity index (χ1v) is 9.90. The molecule has 3 aromatic rings. The topological polar surface area (TPSA) is 84.4 Å². The van der Waals surface area contributed by atoms with Gasteiger partial charge < -0.3 is 15.0 Å². The van der Waals surface area contributed by atoms with Gasteiger partial charge in [-0.1, -0.05) is 30.3 Å². The smallest absolute Gasteiger partial charge is 0.321 e. The number of nitrogens with zero attached hydrogens (tertiary/aromatic N) is 3. The van der Waals surface area contributed by atoms with Gasteiger partial charge in [0.25, 0.3) is 5.91 Å². The molecule has 2 amide bonds. The van der Waals surface area contributed by atoms with Gasteiger partial charge in [0, 0.05) is 31.2 Å². The highest BCUT2D eigenvalue weighted by atomic mass is 16.5. The van der Waals surface area contributed by atoms with Gasteiger partial charge in [-0.25, -0.2) is 9.97 Å². The fraction of sp³-hybridized carbons (Fsp3) is 0.217. The van der Waals surface area contributed by atoms with E-state index in [9.17, 15) is 9.59 Å². The van der Waals surface area contributed by atoms with E-state index in [2.05, 4.69) is 15.3 Å². The SMILES string of the molecule is O=C(Nc1ccc(CC(=O)N2CCCC2)cc1)c1cnc(Oc2ccccc2)nc1. The molecular formula is C23H22N4O3. The monoisotopic (exact) mass is 402 g/mol. The standard InChI is InChI=1S/C23H22N4O3/c28-21(27-12-4-5-13-27)14-17-8-10-19(11-9-17)26-22(29)18-15-24-23(25-16-18)30-20-6-2-1-3-7-20/h1-3,6-11,15-16H,4-5,12-14H2,(H,26,29). The molecule has 1 aliphatic heterocycles. The van der Waals surface area contributed by atoms with E-state index in [0.29, 0.717) is 23.4 Å². The first-order valence-electron chi connectivity index (χ1n) is 9.90. The van der Waals surface area contributed by atoms with E-state index in [1.165, 1.54) is 12.4 Å². The van der Waals surface area contributed by atoms with Crippen molar-refractivity contribution in [3.8, 4) is 11.8 Å². The summed E-state index contributed by atoms with van der Waals surface area (Å²) in [6.07, 6.45) is 5.39. The number of likely N-dealkylation sites (tertiary alicyclic amines) is 1. The van der Waals surface area contributed by atoms with Crippen LogP contribution in [0.2, 0.25) is 0 Å². The summed E-state index contributed by atoms with van der Waals surface area (Å²) in [4.78, 5) is 34.7. The van der Waals surface area contributed by atoms with Crippen molar-refractivity contribution < 1.29 is 14.3 Å². The van der Waals surface area contributed by atoms with Crippen LogP contribution in [0.15, 0.2) is 67.0 Å². The molecule has 0 spiro atoms. The lowest BCUT2D eigenvalue weighted by Crippen LogP contribution is -2.29. The van der Waals surface area contributed by atoms with Gasteiger partial charge in [0.2, 0.25) is 5.91 Å². The Bertz CT molecular complexity index is 999. The van der Waals surface area contributed by atoms with E-state index in [0.717, 1.165) is 31.5 Å². The Morgan fingerprint density at radius 2 is 1.60 bits per heavy atom. The van der Waals surface area contributed by atoms with Crippen molar-refractivity contribution in [1.82, 2.24) is 14.9 Å². The van der Waals surface area contributed by atoms with Crippen LogP contribution >= 0.6 is 0 Å². The molecule has 0 atom stereocenters. The molecule has 7 nitrogen and oxygen atoms in total. The number of carbonyl (C=O) groups is 2. The summed E-state index contributed by atoms with van der Waals surface area (Å²) >= 11 is 0. The van der Waals surface area contributed by atoms with Crippen LogP contribution in [0.3, 0.4) is 0 Å². The highest BCUT2D eigenvalue weighted by Crippen LogP contribution is 2.17. The Kier molecular flexibility index (Phi) is 5.98. The predicted molar refractivity (Wildman–Crippen MR) is 112 cm³/mol. The summed E-state index contributed by atoms with van der Waals surface area (Å²) in [6.45, 7) is 1.70. The molecule has 1 aliphatic rings. The van der Waals surface area contributed by atoms with Gasteiger partial charge in [0.15, 0.2) is 0 Å². The molecule has 30 heavy (non-hydrogen) atoms. The Morgan fingerprint density at radius 1 is 0.933 bits per heavy atom. The lowest BCUT2D eigenvalue weighted by Gasteiger charge is -2.15. The molecule has 1 fully saturated rings. The summed E-state index contributed by atoms with van der Waals surface area (Å²) < 4.78 is 5.53. The highest BCUT2D eigenvalue weighted by molar-refractivity contribution is 6.03. The van der Waals surface area contributed by atoms with E-state index in [1.807, 2.05) is 35.2 Å². The zero-order chi connectivity index (χ0) is 20.8. The molecule has 0 radical (unpaired) electrons. The zero-order valence-electron chi connectivity index (χ0n) is 16.5. The van der Waals surface area contributed by atoms with Crippen LogP contribution in [-0.4, -0.2) is 39.8 Å². The van der Waals surface area contributed by atoms with Crippen LogP contribution in [0, 0.1) is 0 Å². The quantitative estimate of drug-likeness (QED) is 0.680. The summed E-state index contributed by atoms with van der Waals surface area (Å²) in [5, 5.41) is 2.81. The maximum absolute atomic E-state index is 12.4. The average molecular weight is 402 g/mol. The van der Waals surface area contributed by atoms with Gasteiger partial charge >= 0.3 is 6.01 Å². The molecule has 2 heterocycles. The van der Waals surface area contributed by atoms with Gasteiger partial charge in [-0.15, -0.1) is 0 Å². The van der Waals surface area contributed by atoms with Gasteiger partial charge in [-0.2, -0.15) is 0 Å². The Morgan fingerprint density at radius 3 is 2.27 bits per heavy atom. The predicted octanol–water partition coefficient (Wildman–Crippen LogP) is 3.69. The minimum absolute atomic E-state index is 0.152. The molecule has 4 rings (SSSR count). The Balaban J connectivity index is 1.32. The van der Waals surface area contributed by atoms with Gasteiger partial charge in [-0.05, 0) is 42.7 Å². The second kappa shape index (κ2) is 9.17. The number of carbonyl (C=O) groups excluding carboxylic acids is 2. The number of hydrogen-bond donors (Lipinski definition) is 1. The number of ether oxygens (including phenoxy) is 1. The first kappa shape index (κ1) is 19.6. The van der Waals surface area contributed by atoms with Crippen molar-refractivity contribution >= 4 is 17.5 Å². The normalized spacial score (nSPS) is 13.1. The number of amides is 2. The number of anilines is 1. The molecule has 1 N–H and O–H groups in total. The number of para-hydroxylation sites is 1. The fourth-order valence-corrected chi connectivity index (χ4v) is 3.24. The molecular weight excluding hydrogens is 380 g/mol. The second-order valence-electron chi connectivity index (χ2n) is 7.09. The minimum atomic E-state index is -0.317. The van der Waals surface area contributed by atoms with Gasteiger partial charge in [0.05, 0.1) is 12.0 Å². The van der Waals surface area contributed by atoms with Crippen molar-refractivity contribution in [2.24, 2.45) is 0 Å². The minimum Gasteiger partial charge on any atom is -0.424 e. The molecule has 1 aromatic heterocycles. The Labute approximate surface area is 174 Å². The molecule has 0 unspecified atom stereocenters. The largest absolute Gasteiger partial charge is 0.424 e. The average Bonchev–Trinajstić information content (AvgIpc) is 3.31. The first-order chi connectivity index (χ1) is 14.7. The molecule has 7 heteroatoms. The van der Waals surface area contributed by atoms with Gasteiger partial charge in [-0.3, -0.25) is 9.59 Å². The van der Waals surface area contributed by atoms with Crippen LogP contribution in [-0.2, 0) is 11.2 Å². The number of hydrogen-bond acceptors (Lipinski definition) is 5. The van der Waals surface area contributed by atoms with Crippen molar-refractivity contribution in [1.29, 1.82) is 0 Å².